The molecule has 0 spiro atoms. The van der Waals surface area contributed by atoms with Gasteiger partial charge in [0.15, 0.2) is 5.54 Å². The van der Waals surface area contributed by atoms with Crippen LogP contribution in [-0.4, -0.2) is 29.3 Å². The molecule has 1 atom stereocenters. The molecular weight excluding hydrogens is 234 g/mol. The van der Waals surface area contributed by atoms with Crippen LogP contribution in [0.4, 0.5) is 0 Å². The minimum absolute atomic E-state index is 0.0633. The number of carboxylic acid groups (broad SMARTS) is 1. The topological polar surface area (TPSA) is 78.8 Å². The van der Waals surface area contributed by atoms with Gasteiger partial charge in [0, 0.05) is 11.6 Å². The molecule has 2 aliphatic rings. The Kier molecular flexibility index (Phi) is 2.45. The van der Waals surface area contributed by atoms with Crippen LogP contribution in [0, 0.1) is 5.92 Å². The first-order valence-corrected chi connectivity index (χ1v) is 6.06. The molecular formula is C13H15NO4. The van der Waals surface area contributed by atoms with E-state index in [2.05, 4.69) is 5.32 Å². The molecule has 5 heteroatoms. The van der Waals surface area contributed by atoms with Gasteiger partial charge in [-0.1, -0.05) is 0 Å². The van der Waals surface area contributed by atoms with Crippen molar-refractivity contribution in [3.63, 3.8) is 0 Å². The lowest BCUT2D eigenvalue weighted by Crippen LogP contribution is -2.51. The predicted molar refractivity (Wildman–Crippen MR) is 63.6 cm³/mol. The molecule has 1 aliphatic heterocycles. The molecule has 96 valence electrons. The molecule has 18 heavy (non-hydrogen) atoms. The summed E-state index contributed by atoms with van der Waals surface area (Å²) in [6.07, 6.45) is 2.32. The number of benzene rings is 1. The number of nitrogens with one attached hydrogen (secondary N) is 1. The second kappa shape index (κ2) is 3.88. The fraction of sp³-hybridized carbons (Fsp3) is 0.462. The van der Waals surface area contributed by atoms with Gasteiger partial charge in [0.05, 0.1) is 0 Å². The van der Waals surface area contributed by atoms with E-state index in [0.717, 1.165) is 12.8 Å². The first-order chi connectivity index (χ1) is 8.62. The van der Waals surface area contributed by atoms with E-state index in [0.29, 0.717) is 23.8 Å². The van der Waals surface area contributed by atoms with Gasteiger partial charge in [-0.05, 0) is 37.4 Å². The second-order valence-electron chi connectivity index (χ2n) is 5.00. The molecule has 1 saturated carbocycles. The van der Waals surface area contributed by atoms with Gasteiger partial charge in [0.1, 0.15) is 18.1 Å². The number of rotatable bonds is 4. The van der Waals surface area contributed by atoms with Gasteiger partial charge in [-0.15, -0.1) is 0 Å². The fourth-order valence-corrected chi connectivity index (χ4v) is 2.29. The van der Waals surface area contributed by atoms with Crippen LogP contribution >= 0.6 is 0 Å². The van der Waals surface area contributed by atoms with Crippen molar-refractivity contribution in [2.45, 2.75) is 18.4 Å². The van der Waals surface area contributed by atoms with Crippen molar-refractivity contribution in [3.05, 3.63) is 23.8 Å². The highest BCUT2D eigenvalue weighted by atomic mass is 16.5. The smallest absolute Gasteiger partial charge is 0.332 e. The van der Waals surface area contributed by atoms with Crippen LogP contribution in [0.15, 0.2) is 18.2 Å². The number of phenolic OH excluding ortho intramolecular Hbond substituents is 1. The molecule has 1 heterocycles. The number of aliphatic carboxylic acids is 1. The average Bonchev–Trinajstić information content (AvgIpc) is 3.08. The standard InChI is InChI=1S/C13H15NO4/c15-9-3-4-10-11(5-9)18-7-13(10,12(16)17)14-6-8-1-2-8/h3-5,8,14-15H,1-2,6-7H2,(H,16,17). The minimum Gasteiger partial charge on any atom is -0.508 e. The molecule has 0 radical (unpaired) electrons. The number of hydrogen-bond acceptors (Lipinski definition) is 4. The Morgan fingerprint density at radius 3 is 2.94 bits per heavy atom. The molecule has 0 amide bonds. The maximum absolute atomic E-state index is 11.6. The first kappa shape index (κ1) is 11.3. The molecule has 1 unspecified atom stereocenters. The molecule has 0 aromatic heterocycles. The second-order valence-corrected chi connectivity index (χ2v) is 5.00. The summed E-state index contributed by atoms with van der Waals surface area (Å²) in [6.45, 7) is 0.754. The van der Waals surface area contributed by atoms with Crippen LogP contribution in [0.3, 0.4) is 0 Å². The van der Waals surface area contributed by atoms with Gasteiger partial charge < -0.3 is 14.9 Å². The maximum Gasteiger partial charge on any atom is 0.332 e. The molecule has 0 bridgehead atoms. The van der Waals surface area contributed by atoms with E-state index in [1.54, 1.807) is 6.07 Å². The Balaban J connectivity index is 1.94. The van der Waals surface area contributed by atoms with E-state index in [1.807, 2.05) is 0 Å². The van der Waals surface area contributed by atoms with Crippen LogP contribution < -0.4 is 10.1 Å². The van der Waals surface area contributed by atoms with Crippen molar-refractivity contribution in [3.8, 4) is 11.5 Å². The van der Waals surface area contributed by atoms with Crippen LogP contribution in [-0.2, 0) is 10.3 Å². The van der Waals surface area contributed by atoms with Crippen molar-refractivity contribution in [1.82, 2.24) is 5.32 Å². The van der Waals surface area contributed by atoms with Crippen LogP contribution in [0.25, 0.3) is 0 Å². The van der Waals surface area contributed by atoms with Crippen molar-refractivity contribution in [2.24, 2.45) is 5.92 Å². The van der Waals surface area contributed by atoms with Crippen molar-refractivity contribution in [1.29, 1.82) is 0 Å². The number of carboxylic acids is 1. The molecule has 1 fully saturated rings. The molecule has 3 N–H and O–H groups in total. The van der Waals surface area contributed by atoms with Crippen molar-refractivity contribution >= 4 is 5.97 Å². The molecule has 1 aromatic rings. The Morgan fingerprint density at radius 2 is 2.28 bits per heavy atom. The quantitative estimate of drug-likeness (QED) is 0.743. The predicted octanol–water partition coefficient (Wildman–Crippen LogP) is 1.06. The number of fused-ring (bicyclic) bond motifs is 1. The number of ether oxygens (including phenoxy) is 1. The summed E-state index contributed by atoms with van der Waals surface area (Å²) in [5.74, 6) is 0.174. The molecule has 3 rings (SSSR count). The molecule has 5 nitrogen and oxygen atoms in total. The molecule has 1 aromatic carbocycles. The molecule has 1 aliphatic carbocycles. The third-order valence-electron chi connectivity index (χ3n) is 3.62. The Hall–Kier alpha value is -1.75. The number of hydrogen-bond donors (Lipinski definition) is 3. The minimum atomic E-state index is -1.17. The van der Waals surface area contributed by atoms with Crippen LogP contribution in [0.2, 0.25) is 0 Å². The lowest BCUT2D eigenvalue weighted by atomic mass is 9.91. The lowest BCUT2D eigenvalue weighted by Gasteiger charge is -2.24. The highest BCUT2D eigenvalue weighted by molar-refractivity contribution is 5.83. The lowest BCUT2D eigenvalue weighted by molar-refractivity contribution is -0.145. The number of aromatic hydroxyl groups is 1. The zero-order chi connectivity index (χ0) is 12.8. The van der Waals surface area contributed by atoms with Crippen LogP contribution in [0.1, 0.15) is 18.4 Å². The highest BCUT2D eigenvalue weighted by Crippen LogP contribution is 2.40. The summed E-state index contributed by atoms with van der Waals surface area (Å²) in [4.78, 5) is 11.6. The molecule has 0 saturated heterocycles. The van der Waals surface area contributed by atoms with E-state index in [9.17, 15) is 15.0 Å². The van der Waals surface area contributed by atoms with Gasteiger partial charge in [-0.3, -0.25) is 5.32 Å². The maximum atomic E-state index is 11.6. The number of carbonyl (C=O) groups is 1. The van der Waals surface area contributed by atoms with Crippen LogP contribution in [0.5, 0.6) is 11.5 Å². The largest absolute Gasteiger partial charge is 0.508 e. The zero-order valence-electron chi connectivity index (χ0n) is 9.85. The fourth-order valence-electron chi connectivity index (χ4n) is 2.29. The Morgan fingerprint density at radius 1 is 1.50 bits per heavy atom. The zero-order valence-corrected chi connectivity index (χ0v) is 9.85. The van der Waals surface area contributed by atoms with E-state index < -0.39 is 11.5 Å². The first-order valence-electron chi connectivity index (χ1n) is 6.06. The van der Waals surface area contributed by atoms with E-state index in [1.165, 1.54) is 12.1 Å². The normalized spacial score (nSPS) is 25.6. The van der Waals surface area contributed by atoms with Gasteiger partial charge in [0.2, 0.25) is 0 Å². The van der Waals surface area contributed by atoms with Gasteiger partial charge in [-0.2, -0.15) is 0 Å². The Bertz CT molecular complexity index is 498. The Labute approximate surface area is 104 Å². The van der Waals surface area contributed by atoms with Gasteiger partial charge in [-0.25, -0.2) is 4.79 Å². The third kappa shape index (κ3) is 1.71. The summed E-state index contributed by atoms with van der Waals surface area (Å²) in [5.41, 5.74) is -0.584. The summed E-state index contributed by atoms with van der Waals surface area (Å²) in [6, 6.07) is 4.56. The third-order valence-corrected chi connectivity index (χ3v) is 3.62. The summed E-state index contributed by atoms with van der Waals surface area (Å²) < 4.78 is 5.41. The van der Waals surface area contributed by atoms with Gasteiger partial charge in [0.25, 0.3) is 0 Å². The van der Waals surface area contributed by atoms with Crippen molar-refractivity contribution < 1.29 is 19.7 Å². The summed E-state index contributed by atoms with van der Waals surface area (Å²) >= 11 is 0. The average molecular weight is 249 g/mol. The SMILES string of the molecule is O=C(O)C1(NCC2CC2)COc2cc(O)ccc21. The number of phenols is 1. The monoisotopic (exact) mass is 249 g/mol. The summed E-state index contributed by atoms with van der Waals surface area (Å²) in [7, 11) is 0. The van der Waals surface area contributed by atoms with E-state index >= 15 is 0 Å². The highest BCUT2D eigenvalue weighted by Gasteiger charge is 2.48. The van der Waals surface area contributed by atoms with Crippen molar-refractivity contribution in [2.75, 3.05) is 13.2 Å². The van der Waals surface area contributed by atoms with Gasteiger partial charge >= 0.3 is 5.97 Å². The summed E-state index contributed by atoms with van der Waals surface area (Å²) in [5, 5.41) is 22.0. The van der Waals surface area contributed by atoms with E-state index in [-0.39, 0.29) is 12.4 Å². The van der Waals surface area contributed by atoms with E-state index in [4.69, 9.17) is 4.74 Å².